The molecule has 0 spiro atoms. The summed E-state index contributed by atoms with van der Waals surface area (Å²) < 4.78 is 40.0. The number of aromatic nitrogens is 2. The van der Waals surface area contributed by atoms with Crippen molar-refractivity contribution in [3.8, 4) is 0 Å². The molecule has 1 aromatic rings. The number of rotatable bonds is 3. The first-order valence-corrected chi connectivity index (χ1v) is 5.77. The van der Waals surface area contributed by atoms with Gasteiger partial charge >= 0.3 is 6.18 Å². The molecule has 0 radical (unpaired) electrons. The molecule has 1 aliphatic carbocycles. The number of nitrogens with two attached hydrogens (primary N) is 1. The zero-order valence-electron chi connectivity index (χ0n) is 9.93. The van der Waals surface area contributed by atoms with Gasteiger partial charge in [0.2, 0.25) is 0 Å². The van der Waals surface area contributed by atoms with Gasteiger partial charge in [0.25, 0.3) is 0 Å². The molecule has 1 fully saturated rings. The molecule has 1 aliphatic rings. The molecule has 18 heavy (non-hydrogen) atoms. The third-order valence-electron chi connectivity index (χ3n) is 3.12. The first kappa shape index (κ1) is 13.1. The molecular weight excluding hydrogens is 265 g/mol. The summed E-state index contributed by atoms with van der Waals surface area (Å²) in [6.07, 6.45) is -4.19. The molecule has 4 nitrogen and oxygen atoms in total. The van der Waals surface area contributed by atoms with E-state index in [1.807, 2.05) is 0 Å². The van der Waals surface area contributed by atoms with E-state index in [9.17, 15) is 13.2 Å². The van der Waals surface area contributed by atoms with Crippen molar-refractivity contribution in [1.82, 2.24) is 9.78 Å². The summed E-state index contributed by atoms with van der Waals surface area (Å²) in [6, 6.07) is 0. The first-order valence-electron chi connectivity index (χ1n) is 5.36. The van der Waals surface area contributed by atoms with E-state index in [2.05, 4.69) is 10.4 Å². The Labute approximate surface area is 107 Å². The van der Waals surface area contributed by atoms with E-state index in [-0.39, 0.29) is 23.6 Å². The van der Waals surface area contributed by atoms with Gasteiger partial charge in [0.05, 0.1) is 11.3 Å². The Kier molecular flexibility index (Phi) is 2.80. The minimum Gasteiger partial charge on any atom is -0.389 e. The summed E-state index contributed by atoms with van der Waals surface area (Å²) >= 11 is 4.86. The average Bonchev–Trinajstić information content (AvgIpc) is 2.90. The van der Waals surface area contributed by atoms with Gasteiger partial charge < -0.3 is 11.1 Å². The fourth-order valence-electron chi connectivity index (χ4n) is 1.93. The Morgan fingerprint density at radius 2 is 2.06 bits per heavy atom. The zero-order chi connectivity index (χ0) is 13.7. The quantitative estimate of drug-likeness (QED) is 0.829. The van der Waals surface area contributed by atoms with Crippen LogP contribution in [0.3, 0.4) is 0 Å². The minimum absolute atomic E-state index is 0.0427. The number of thiocarbonyl (C=S) groups is 1. The smallest absolute Gasteiger partial charge is 0.389 e. The van der Waals surface area contributed by atoms with Crippen LogP contribution in [0.25, 0.3) is 0 Å². The SMILES string of the molecule is Cc1nn(C)c(NC2(C(F)(F)F)CC2)c1C(N)=S. The molecule has 0 aliphatic heterocycles. The number of anilines is 1. The van der Waals surface area contributed by atoms with Gasteiger partial charge in [0.1, 0.15) is 16.3 Å². The predicted molar refractivity (Wildman–Crippen MR) is 65.5 cm³/mol. The Bertz CT molecular complexity index is 502. The van der Waals surface area contributed by atoms with Crippen molar-refractivity contribution >= 4 is 23.0 Å². The number of hydrogen-bond donors (Lipinski definition) is 2. The molecule has 1 saturated carbocycles. The highest BCUT2D eigenvalue weighted by Gasteiger charge is 2.64. The lowest BCUT2D eigenvalue weighted by atomic mass is 10.2. The Morgan fingerprint density at radius 3 is 2.44 bits per heavy atom. The maximum absolute atomic E-state index is 12.9. The molecule has 3 N–H and O–H groups in total. The number of nitrogens with zero attached hydrogens (tertiary/aromatic N) is 2. The van der Waals surface area contributed by atoms with Gasteiger partial charge in [-0.25, -0.2) is 0 Å². The maximum Gasteiger partial charge on any atom is 0.411 e. The average molecular weight is 278 g/mol. The van der Waals surface area contributed by atoms with E-state index in [0.29, 0.717) is 11.3 Å². The van der Waals surface area contributed by atoms with Gasteiger partial charge in [-0.05, 0) is 19.8 Å². The standard InChI is InChI=1S/C10H13F3N4S/c1-5-6(7(14)18)8(17(2)16-5)15-9(3-4-9)10(11,12)13/h15H,3-4H2,1-2H3,(H2,14,18). The van der Waals surface area contributed by atoms with Crippen LogP contribution in [0.5, 0.6) is 0 Å². The van der Waals surface area contributed by atoms with E-state index in [0.717, 1.165) is 0 Å². The van der Waals surface area contributed by atoms with E-state index < -0.39 is 11.7 Å². The van der Waals surface area contributed by atoms with Gasteiger partial charge in [0.15, 0.2) is 0 Å². The highest BCUT2D eigenvalue weighted by atomic mass is 32.1. The number of aryl methyl sites for hydroxylation is 2. The van der Waals surface area contributed by atoms with E-state index in [4.69, 9.17) is 18.0 Å². The lowest BCUT2D eigenvalue weighted by Gasteiger charge is -2.22. The van der Waals surface area contributed by atoms with Crippen LogP contribution in [-0.4, -0.2) is 26.5 Å². The number of nitrogens with one attached hydrogen (secondary N) is 1. The molecule has 0 bridgehead atoms. The van der Waals surface area contributed by atoms with Gasteiger partial charge in [-0.2, -0.15) is 18.3 Å². The van der Waals surface area contributed by atoms with Crippen molar-refractivity contribution in [2.45, 2.75) is 31.5 Å². The van der Waals surface area contributed by atoms with E-state index >= 15 is 0 Å². The van der Waals surface area contributed by atoms with Crippen LogP contribution in [0, 0.1) is 6.92 Å². The van der Waals surface area contributed by atoms with E-state index in [1.54, 1.807) is 14.0 Å². The van der Waals surface area contributed by atoms with Gasteiger partial charge in [-0.15, -0.1) is 0 Å². The summed E-state index contributed by atoms with van der Waals surface area (Å²) in [5, 5.41) is 6.56. The van der Waals surface area contributed by atoms with Crippen LogP contribution in [0.2, 0.25) is 0 Å². The second kappa shape index (κ2) is 3.84. The summed E-state index contributed by atoms with van der Waals surface area (Å²) in [4.78, 5) is 0.0427. The summed E-state index contributed by atoms with van der Waals surface area (Å²) in [7, 11) is 1.56. The molecule has 0 unspecified atom stereocenters. The normalized spacial score (nSPS) is 17.6. The van der Waals surface area contributed by atoms with Crippen molar-refractivity contribution in [2.24, 2.45) is 12.8 Å². The third kappa shape index (κ3) is 1.94. The molecule has 100 valence electrons. The zero-order valence-corrected chi connectivity index (χ0v) is 10.7. The largest absolute Gasteiger partial charge is 0.411 e. The van der Waals surface area contributed by atoms with Crippen LogP contribution < -0.4 is 11.1 Å². The maximum atomic E-state index is 12.9. The second-order valence-electron chi connectivity index (χ2n) is 4.50. The highest BCUT2D eigenvalue weighted by molar-refractivity contribution is 7.80. The minimum atomic E-state index is -4.29. The lowest BCUT2D eigenvalue weighted by molar-refractivity contribution is -0.151. The number of halogens is 3. The molecule has 8 heteroatoms. The molecule has 0 amide bonds. The Morgan fingerprint density at radius 1 is 1.50 bits per heavy atom. The van der Waals surface area contributed by atoms with Crippen LogP contribution >= 0.6 is 12.2 Å². The Hall–Kier alpha value is -1.31. The first-order chi connectivity index (χ1) is 8.18. The van der Waals surface area contributed by atoms with Crippen LogP contribution in [0.4, 0.5) is 19.0 Å². The number of alkyl halides is 3. The fraction of sp³-hybridized carbons (Fsp3) is 0.600. The summed E-state index contributed by atoms with van der Waals surface area (Å²) in [5.41, 5.74) is 4.58. The van der Waals surface area contributed by atoms with Crippen molar-refractivity contribution in [3.63, 3.8) is 0 Å². The second-order valence-corrected chi connectivity index (χ2v) is 4.94. The topological polar surface area (TPSA) is 55.9 Å². The lowest BCUT2D eigenvalue weighted by Crippen LogP contribution is -2.39. The molecule has 0 aromatic carbocycles. The van der Waals surface area contributed by atoms with Crippen molar-refractivity contribution in [1.29, 1.82) is 0 Å². The van der Waals surface area contributed by atoms with Gasteiger partial charge in [-0.3, -0.25) is 4.68 Å². The van der Waals surface area contributed by atoms with Crippen molar-refractivity contribution in [3.05, 3.63) is 11.3 Å². The van der Waals surface area contributed by atoms with Crippen molar-refractivity contribution < 1.29 is 13.2 Å². The highest BCUT2D eigenvalue weighted by Crippen LogP contribution is 2.51. The third-order valence-corrected chi connectivity index (χ3v) is 3.32. The van der Waals surface area contributed by atoms with Crippen LogP contribution in [0.1, 0.15) is 24.1 Å². The molecule has 0 atom stereocenters. The van der Waals surface area contributed by atoms with Crippen molar-refractivity contribution in [2.75, 3.05) is 5.32 Å². The molecule has 2 rings (SSSR count). The molecule has 1 aromatic heterocycles. The van der Waals surface area contributed by atoms with E-state index in [1.165, 1.54) is 4.68 Å². The molecule has 1 heterocycles. The van der Waals surface area contributed by atoms with Gasteiger partial charge in [-0.1, -0.05) is 12.2 Å². The Balaban J connectivity index is 2.39. The summed E-state index contributed by atoms with van der Waals surface area (Å²) in [5.74, 6) is 0.231. The number of hydrogen-bond acceptors (Lipinski definition) is 3. The van der Waals surface area contributed by atoms with Crippen LogP contribution in [-0.2, 0) is 7.05 Å². The monoisotopic (exact) mass is 278 g/mol. The fourth-order valence-corrected chi connectivity index (χ4v) is 2.17. The van der Waals surface area contributed by atoms with Gasteiger partial charge in [0, 0.05) is 7.05 Å². The molecule has 0 saturated heterocycles. The predicted octanol–water partition coefficient (Wildman–Crippen LogP) is 1.87. The summed E-state index contributed by atoms with van der Waals surface area (Å²) in [6.45, 7) is 1.66. The molecular formula is C10H13F3N4S. The van der Waals surface area contributed by atoms with Crippen LogP contribution in [0.15, 0.2) is 0 Å².